The second kappa shape index (κ2) is 6.63. The maximum absolute atomic E-state index is 13.6. The van der Waals surface area contributed by atoms with Gasteiger partial charge in [0.1, 0.15) is 11.8 Å². The Labute approximate surface area is 121 Å². The van der Waals surface area contributed by atoms with Crippen LogP contribution in [0.3, 0.4) is 0 Å². The van der Waals surface area contributed by atoms with Gasteiger partial charge in [0.15, 0.2) is 17.4 Å². The highest BCUT2D eigenvalue weighted by molar-refractivity contribution is 6.29. The summed E-state index contributed by atoms with van der Waals surface area (Å²) in [6.45, 7) is 4.48. The van der Waals surface area contributed by atoms with Gasteiger partial charge in [0.2, 0.25) is 5.88 Å². The van der Waals surface area contributed by atoms with E-state index in [0.29, 0.717) is 12.4 Å². The maximum atomic E-state index is 13.6. The Bertz CT molecular complexity index is 608. The van der Waals surface area contributed by atoms with E-state index in [2.05, 4.69) is 9.97 Å². The Balaban J connectivity index is 2.24. The zero-order valence-electron chi connectivity index (χ0n) is 11.2. The first-order chi connectivity index (χ1) is 9.58. The molecule has 0 bridgehead atoms. The lowest BCUT2D eigenvalue weighted by atomic mass is 10.2. The van der Waals surface area contributed by atoms with Crippen LogP contribution in [0, 0.1) is 12.7 Å². The summed E-state index contributed by atoms with van der Waals surface area (Å²) in [4.78, 5) is 8.14. The van der Waals surface area contributed by atoms with Crippen molar-refractivity contribution in [3.63, 3.8) is 0 Å². The normalized spacial score (nSPS) is 10.6. The molecule has 0 saturated heterocycles. The van der Waals surface area contributed by atoms with E-state index in [9.17, 15) is 4.39 Å². The number of rotatable bonds is 5. The first kappa shape index (κ1) is 14.7. The first-order valence-electron chi connectivity index (χ1n) is 6.13. The van der Waals surface area contributed by atoms with E-state index >= 15 is 0 Å². The van der Waals surface area contributed by atoms with Gasteiger partial charge < -0.3 is 9.47 Å². The van der Waals surface area contributed by atoms with Crippen molar-refractivity contribution < 1.29 is 13.9 Å². The molecule has 0 radical (unpaired) electrons. The zero-order valence-corrected chi connectivity index (χ0v) is 11.9. The minimum absolute atomic E-state index is 0.0992. The van der Waals surface area contributed by atoms with E-state index in [-0.39, 0.29) is 23.4 Å². The highest BCUT2D eigenvalue weighted by Gasteiger charge is 2.09. The number of aryl methyl sites for hydroxylation is 1. The third-order valence-corrected chi connectivity index (χ3v) is 2.65. The highest BCUT2D eigenvalue weighted by Crippen LogP contribution is 2.25. The summed E-state index contributed by atoms with van der Waals surface area (Å²) in [5, 5.41) is 0.220. The molecule has 20 heavy (non-hydrogen) atoms. The number of halogens is 2. The Morgan fingerprint density at radius 1 is 1.25 bits per heavy atom. The molecule has 2 rings (SSSR count). The maximum Gasteiger partial charge on any atom is 0.224 e. The topological polar surface area (TPSA) is 44.2 Å². The number of benzene rings is 1. The zero-order chi connectivity index (χ0) is 14.5. The van der Waals surface area contributed by atoms with Gasteiger partial charge in [-0.2, -0.15) is 4.98 Å². The molecule has 1 aromatic carbocycles. The molecule has 0 N–H and O–H groups in total. The van der Waals surface area contributed by atoms with Crippen molar-refractivity contribution in [1.82, 2.24) is 9.97 Å². The van der Waals surface area contributed by atoms with E-state index < -0.39 is 5.82 Å². The molecule has 0 fully saturated rings. The molecule has 0 aliphatic heterocycles. The smallest absolute Gasteiger partial charge is 0.224 e. The monoisotopic (exact) mass is 296 g/mol. The lowest BCUT2D eigenvalue weighted by Crippen LogP contribution is -2.01. The van der Waals surface area contributed by atoms with Gasteiger partial charge in [0, 0.05) is 12.7 Å². The van der Waals surface area contributed by atoms with Crippen LogP contribution in [0.15, 0.2) is 24.3 Å². The van der Waals surface area contributed by atoms with E-state index in [1.165, 1.54) is 12.1 Å². The van der Waals surface area contributed by atoms with Crippen LogP contribution in [-0.2, 0) is 11.3 Å². The molecule has 0 spiro atoms. The number of hydrogen-bond acceptors (Lipinski definition) is 4. The predicted octanol–water partition coefficient (Wildman–Crippen LogP) is 3.91. The molecule has 0 aliphatic carbocycles. The van der Waals surface area contributed by atoms with Crippen LogP contribution in [0.2, 0.25) is 5.15 Å². The quantitative estimate of drug-likeness (QED) is 0.785. The van der Waals surface area contributed by atoms with Crippen molar-refractivity contribution in [2.24, 2.45) is 0 Å². The van der Waals surface area contributed by atoms with Crippen molar-refractivity contribution in [3.8, 4) is 11.6 Å². The predicted molar refractivity (Wildman–Crippen MR) is 73.6 cm³/mol. The fraction of sp³-hybridized carbons (Fsp3) is 0.286. The average molecular weight is 297 g/mol. The Morgan fingerprint density at radius 3 is 2.80 bits per heavy atom. The SMILES string of the molecule is CCOCc1nc(Cl)cc(Oc2cc(C)ccc2F)n1. The Morgan fingerprint density at radius 2 is 2.05 bits per heavy atom. The molecule has 4 nitrogen and oxygen atoms in total. The van der Waals surface area contributed by atoms with Gasteiger partial charge in [0.05, 0.1) is 0 Å². The molecule has 0 unspecified atom stereocenters. The molecule has 1 heterocycles. The average Bonchev–Trinajstić information content (AvgIpc) is 2.40. The van der Waals surface area contributed by atoms with Gasteiger partial charge >= 0.3 is 0 Å². The van der Waals surface area contributed by atoms with Crippen LogP contribution < -0.4 is 4.74 Å². The minimum atomic E-state index is -0.461. The summed E-state index contributed by atoms with van der Waals surface area (Å²) >= 11 is 5.89. The standard InChI is InChI=1S/C14H14ClFN2O2/c1-3-19-8-13-17-12(15)7-14(18-13)20-11-6-9(2)4-5-10(11)16/h4-7H,3,8H2,1-2H3. The third kappa shape index (κ3) is 3.88. The summed E-state index contributed by atoms with van der Waals surface area (Å²) in [7, 11) is 0. The molecule has 2 aromatic rings. The first-order valence-corrected chi connectivity index (χ1v) is 6.51. The molecule has 106 valence electrons. The summed E-state index contributed by atoms with van der Waals surface area (Å²) < 4.78 is 24.3. The van der Waals surface area contributed by atoms with E-state index in [4.69, 9.17) is 21.1 Å². The van der Waals surface area contributed by atoms with Crippen molar-refractivity contribution in [2.75, 3.05) is 6.61 Å². The van der Waals surface area contributed by atoms with Gasteiger partial charge in [-0.15, -0.1) is 0 Å². The fourth-order valence-corrected chi connectivity index (χ4v) is 1.74. The number of hydrogen-bond donors (Lipinski definition) is 0. The number of nitrogens with zero attached hydrogens (tertiary/aromatic N) is 2. The molecule has 1 aromatic heterocycles. The molecule has 0 aliphatic rings. The highest BCUT2D eigenvalue weighted by atomic mass is 35.5. The van der Waals surface area contributed by atoms with Gasteiger partial charge in [-0.1, -0.05) is 17.7 Å². The molecule has 6 heteroatoms. The Hall–Kier alpha value is -1.72. The van der Waals surface area contributed by atoms with Crippen LogP contribution in [0.4, 0.5) is 4.39 Å². The van der Waals surface area contributed by atoms with E-state index in [0.717, 1.165) is 5.56 Å². The molecule has 0 amide bonds. The lowest BCUT2D eigenvalue weighted by Gasteiger charge is -2.08. The number of ether oxygens (including phenoxy) is 2. The Kier molecular flexibility index (Phi) is 4.87. The summed E-state index contributed by atoms with van der Waals surface area (Å²) in [5.74, 6) is 0.213. The van der Waals surface area contributed by atoms with E-state index in [1.54, 1.807) is 12.1 Å². The van der Waals surface area contributed by atoms with Crippen molar-refractivity contribution in [3.05, 3.63) is 46.6 Å². The molecule has 0 saturated carbocycles. The van der Waals surface area contributed by atoms with Crippen molar-refractivity contribution >= 4 is 11.6 Å². The van der Waals surface area contributed by atoms with Crippen LogP contribution in [-0.4, -0.2) is 16.6 Å². The van der Waals surface area contributed by atoms with E-state index in [1.807, 2.05) is 13.8 Å². The second-order valence-electron chi connectivity index (χ2n) is 4.12. The van der Waals surface area contributed by atoms with Crippen LogP contribution in [0.1, 0.15) is 18.3 Å². The molecular formula is C14H14ClFN2O2. The fourth-order valence-electron chi connectivity index (χ4n) is 1.55. The van der Waals surface area contributed by atoms with Gasteiger partial charge in [-0.25, -0.2) is 9.37 Å². The molecule has 0 atom stereocenters. The van der Waals surface area contributed by atoms with Crippen LogP contribution >= 0.6 is 11.6 Å². The summed E-state index contributed by atoms with van der Waals surface area (Å²) in [6.07, 6.45) is 0. The van der Waals surface area contributed by atoms with Gasteiger partial charge in [0.25, 0.3) is 0 Å². The lowest BCUT2D eigenvalue weighted by molar-refractivity contribution is 0.127. The minimum Gasteiger partial charge on any atom is -0.436 e. The van der Waals surface area contributed by atoms with Gasteiger partial charge in [-0.3, -0.25) is 0 Å². The summed E-state index contributed by atoms with van der Waals surface area (Å²) in [6, 6.07) is 6.02. The van der Waals surface area contributed by atoms with Crippen molar-refractivity contribution in [1.29, 1.82) is 0 Å². The summed E-state index contributed by atoms with van der Waals surface area (Å²) in [5.41, 5.74) is 0.885. The second-order valence-corrected chi connectivity index (χ2v) is 4.51. The van der Waals surface area contributed by atoms with Gasteiger partial charge in [-0.05, 0) is 31.5 Å². The largest absolute Gasteiger partial charge is 0.436 e. The number of aromatic nitrogens is 2. The van der Waals surface area contributed by atoms with Crippen LogP contribution in [0.25, 0.3) is 0 Å². The third-order valence-electron chi connectivity index (χ3n) is 2.45. The van der Waals surface area contributed by atoms with Crippen LogP contribution in [0.5, 0.6) is 11.6 Å². The van der Waals surface area contributed by atoms with Crippen molar-refractivity contribution in [2.45, 2.75) is 20.5 Å². The molecular weight excluding hydrogens is 283 g/mol.